The lowest BCUT2D eigenvalue weighted by molar-refractivity contribution is -0.137. The number of pyridine rings is 1. The van der Waals surface area contributed by atoms with Gasteiger partial charge < -0.3 is 40.1 Å². The molecule has 350 valence electrons. The molecule has 1 aromatic carbocycles. The summed E-state index contributed by atoms with van der Waals surface area (Å²) in [5, 5.41) is 19.8. The number of urea groups is 1. The van der Waals surface area contributed by atoms with Crippen LogP contribution in [0.3, 0.4) is 0 Å². The van der Waals surface area contributed by atoms with Crippen molar-refractivity contribution in [3.8, 4) is 5.82 Å². The average Bonchev–Trinajstić information content (AvgIpc) is 4.17. The Balaban J connectivity index is 0.641. The Labute approximate surface area is 385 Å². The van der Waals surface area contributed by atoms with Crippen molar-refractivity contribution in [3.63, 3.8) is 0 Å². The van der Waals surface area contributed by atoms with Crippen molar-refractivity contribution in [2.45, 2.75) is 70.4 Å². The van der Waals surface area contributed by atoms with Gasteiger partial charge in [-0.2, -0.15) is 10.2 Å². The number of carbonyl (C=O) groups is 6. The van der Waals surface area contributed by atoms with Gasteiger partial charge >= 0.3 is 6.03 Å². The zero-order valence-electron chi connectivity index (χ0n) is 37.2. The van der Waals surface area contributed by atoms with Crippen molar-refractivity contribution in [1.29, 1.82) is 0 Å². The fourth-order valence-electron chi connectivity index (χ4n) is 9.25. The quantitative estimate of drug-likeness (QED) is 0.0823. The maximum absolute atomic E-state index is 13.1. The second-order valence-corrected chi connectivity index (χ2v) is 17.1. The molecule has 21 heteroatoms. The first-order chi connectivity index (χ1) is 32.6. The molecule has 9 rings (SSSR count). The van der Waals surface area contributed by atoms with Crippen LogP contribution in [0.1, 0.15) is 88.4 Å². The summed E-state index contributed by atoms with van der Waals surface area (Å²) < 4.78 is 14.6. The number of imide groups is 1. The number of aryl methyl sites for hydroxylation is 1. The minimum atomic E-state index is -0.655. The van der Waals surface area contributed by atoms with E-state index < -0.39 is 18.0 Å². The number of nitrogens with one attached hydrogen (secondary N) is 4. The van der Waals surface area contributed by atoms with E-state index in [1.807, 2.05) is 34.5 Å². The molecule has 1 saturated carbocycles. The number of amides is 7. The Kier molecular flexibility index (Phi) is 13.5. The van der Waals surface area contributed by atoms with E-state index in [0.717, 1.165) is 53.8 Å². The summed E-state index contributed by atoms with van der Waals surface area (Å²) in [6.07, 6.45) is 13.1. The predicted molar refractivity (Wildman–Crippen MR) is 243 cm³/mol. The van der Waals surface area contributed by atoms with Crippen molar-refractivity contribution in [2.75, 3.05) is 74.7 Å². The van der Waals surface area contributed by atoms with Crippen LogP contribution in [0.2, 0.25) is 0 Å². The largest absolute Gasteiger partial charge is 0.379 e. The number of hydrogen-bond donors (Lipinski definition) is 4. The van der Waals surface area contributed by atoms with Crippen molar-refractivity contribution < 1.29 is 38.2 Å². The molecular weight excluding hydrogens is 863 g/mol. The van der Waals surface area contributed by atoms with Gasteiger partial charge in [0.25, 0.3) is 11.8 Å². The van der Waals surface area contributed by atoms with Crippen LogP contribution >= 0.6 is 0 Å². The molecule has 3 aliphatic heterocycles. The normalized spacial score (nSPS) is 17.5. The molecule has 0 radical (unpaired) electrons. The number of piperidine rings is 1. The van der Waals surface area contributed by atoms with E-state index in [9.17, 15) is 28.8 Å². The Hall–Kier alpha value is -7.26. The summed E-state index contributed by atoms with van der Waals surface area (Å²) in [5.74, 6) is -0.466. The van der Waals surface area contributed by atoms with Crippen molar-refractivity contribution in [3.05, 3.63) is 89.3 Å². The monoisotopic (exact) mass is 915 g/mol. The van der Waals surface area contributed by atoms with Crippen LogP contribution in [0.4, 0.5) is 21.9 Å². The van der Waals surface area contributed by atoms with Gasteiger partial charge in [0, 0.05) is 75.1 Å². The Morgan fingerprint density at radius 1 is 0.866 bits per heavy atom. The number of ether oxygens (including phenoxy) is 2. The number of carbonyl (C=O) groups excluding carboxylic acids is 6. The van der Waals surface area contributed by atoms with Crippen molar-refractivity contribution >= 4 is 58.3 Å². The highest BCUT2D eigenvalue weighted by molar-refractivity contribution is 6.05. The minimum absolute atomic E-state index is 0.0114. The first-order valence-corrected chi connectivity index (χ1v) is 22.8. The first kappa shape index (κ1) is 44.9. The summed E-state index contributed by atoms with van der Waals surface area (Å²) in [7, 11) is 0. The first-order valence-electron chi connectivity index (χ1n) is 22.8. The maximum Gasteiger partial charge on any atom is 0.323 e. The summed E-state index contributed by atoms with van der Waals surface area (Å²) in [6, 6.07) is 8.23. The second-order valence-electron chi connectivity index (χ2n) is 17.1. The summed E-state index contributed by atoms with van der Waals surface area (Å²) in [5.41, 5.74) is 6.25. The highest BCUT2D eigenvalue weighted by atomic mass is 16.5. The zero-order valence-corrected chi connectivity index (χ0v) is 37.2. The third-order valence-corrected chi connectivity index (χ3v) is 12.7. The van der Waals surface area contributed by atoms with Crippen LogP contribution in [0.5, 0.6) is 0 Å². The topological polar surface area (TPSA) is 240 Å². The van der Waals surface area contributed by atoms with Crippen molar-refractivity contribution in [1.82, 2.24) is 49.8 Å². The van der Waals surface area contributed by atoms with Gasteiger partial charge in [0.1, 0.15) is 6.04 Å². The molecule has 4 N–H and O–H groups in total. The number of aromatic nitrogens is 6. The fourth-order valence-corrected chi connectivity index (χ4v) is 9.25. The number of hydrogen-bond acceptors (Lipinski definition) is 13. The van der Waals surface area contributed by atoms with E-state index in [2.05, 4.69) is 46.3 Å². The molecule has 1 atom stereocenters. The number of anilines is 3. The lowest BCUT2D eigenvalue weighted by Crippen LogP contribution is -2.52. The molecule has 0 spiro atoms. The molecule has 7 heterocycles. The van der Waals surface area contributed by atoms with E-state index in [4.69, 9.17) is 9.47 Å². The van der Waals surface area contributed by atoms with E-state index in [-0.39, 0.29) is 62.1 Å². The van der Waals surface area contributed by atoms with Crippen LogP contribution < -0.4 is 26.2 Å². The Bertz CT molecular complexity index is 2690. The molecule has 3 fully saturated rings. The number of rotatable bonds is 16. The van der Waals surface area contributed by atoms with Gasteiger partial charge in [0.15, 0.2) is 11.5 Å². The molecule has 1 aliphatic carbocycles. The molecule has 7 amide bonds. The lowest BCUT2D eigenvalue weighted by atomic mass is 10.0. The summed E-state index contributed by atoms with van der Waals surface area (Å²) in [6.45, 7) is 5.95. The molecule has 4 aliphatic rings. The molecular formula is C46H53N13O8. The zero-order chi connectivity index (χ0) is 46.4. The Morgan fingerprint density at radius 2 is 1.67 bits per heavy atom. The summed E-state index contributed by atoms with van der Waals surface area (Å²) in [4.78, 5) is 90.5. The molecule has 5 aromatic rings. The number of nitrogens with zero attached hydrogens (tertiary/aromatic N) is 9. The summed E-state index contributed by atoms with van der Waals surface area (Å²) >= 11 is 0. The van der Waals surface area contributed by atoms with Gasteiger partial charge in [-0.05, 0) is 61.6 Å². The maximum atomic E-state index is 13.1. The second kappa shape index (κ2) is 20.1. The van der Waals surface area contributed by atoms with Gasteiger partial charge in [-0.15, -0.1) is 0 Å². The standard InChI is InChI=1S/C46H53N13O8/c1-29-22-33(52-46(65)53-36-26-48-38-10-12-50-59(38)41(36)30-4-2-3-5-30)25-49-42(29)58-28-32(24-51-58)43(62)47-13-19-67-21-20-66-18-11-40(61)56-16-14-55(15-17-56)34-6-7-35-31(23-34)27-57(45(35)64)37-8-9-39(60)54-44(37)63/h6-7,10,12,22-26,28,30,37H,2-5,8-9,11,13-21,27H2,1H3,(H,47,62)(H2,52,53,65)(H,54,60,63). The minimum Gasteiger partial charge on any atom is -0.379 e. The smallest absolute Gasteiger partial charge is 0.323 e. The molecule has 1 unspecified atom stereocenters. The van der Waals surface area contributed by atoms with Gasteiger partial charge in [-0.25, -0.2) is 24.0 Å². The van der Waals surface area contributed by atoms with Crippen molar-refractivity contribution in [2.24, 2.45) is 0 Å². The lowest BCUT2D eigenvalue weighted by Gasteiger charge is -2.36. The van der Waals surface area contributed by atoms with Crippen LogP contribution in [0.15, 0.2) is 61.3 Å². The highest BCUT2D eigenvalue weighted by Gasteiger charge is 2.39. The molecule has 67 heavy (non-hydrogen) atoms. The van der Waals surface area contributed by atoms with Gasteiger partial charge in [0.2, 0.25) is 17.7 Å². The van der Waals surface area contributed by atoms with Crippen LogP contribution in [0, 0.1) is 6.92 Å². The highest BCUT2D eigenvalue weighted by Crippen LogP contribution is 2.38. The third-order valence-electron chi connectivity index (χ3n) is 12.7. The molecule has 4 aromatic heterocycles. The fraction of sp³-hybridized carbons (Fsp3) is 0.435. The van der Waals surface area contributed by atoms with Gasteiger partial charge in [-0.3, -0.25) is 29.3 Å². The average molecular weight is 916 g/mol. The molecule has 2 saturated heterocycles. The van der Waals surface area contributed by atoms with Crippen LogP contribution in [-0.4, -0.2) is 140 Å². The van der Waals surface area contributed by atoms with E-state index >= 15 is 0 Å². The molecule has 21 nitrogen and oxygen atoms in total. The SMILES string of the molecule is Cc1cc(NC(=O)Nc2cnc3ccnn3c2C2CCCC2)cnc1-n1cc(C(=O)NCCOCCOCCC(=O)N2CCN(c3ccc4c(c3)CN(C3CCC(=O)NC3=O)C4=O)CC2)cn1. The van der Waals surface area contributed by atoms with Crippen LogP contribution in [0.25, 0.3) is 11.5 Å². The molecule has 0 bridgehead atoms. The Morgan fingerprint density at radius 3 is 2.46 bits per heavy atom. The van der Waals surface area contributed by atoms with Gasteiger partial charge in [0.05, 0.1) is 80.3 Å². The number of benzene rings is 1. The number of fused-ring (bicyclic) bond motifs is 2. The van der Waals surface area contributed by atoms with Gasteiger partial charge in [-0.1, -0.05) is 12.8 Å². The van der Waals surface area contributed by atoms with E-state index in [0.29, 0.717) is 80.7 Å². The number of piperazine rings is 1. The predicted octanol–water partition coefficient (Wildman–Crippen LogP) is 3.18. The van der Waals surface area contributed by atoms with E-state index in [1.54, 1.807) is 35.6 Å². The third kappa shape index (κ3) is 10.1. The van der Waals surface area contributed by atoms with Crippen LogP contribution in [-0.2, 0) is 30.4 Å². The van der Waals surface area contributed by atoms with E-state index in [1.165, 1.54) is 17.1 Å².